The van der Waals surface area contributed by atoms with Gasteiger partial charge in [-0.2, -0.15) is 0 Å². The Morgan fingerprint density at radius 2 is 1.46 bits per heavy atom. The van der Waals surface area contributed by atoms with Gasteiger partial charge in [-0.05, 0) is 18.2 Å². The average Bonchev–Trinajstić information content (AvgIpc) is 2.71. The Morgan fingerprint density at radius 1 is 0.893 bits per heavy atom. The van der Waals surface area contributed by atoms with E-state index in [1.807, 2.05) is 0 Å². The molecule has 1 heterocycles. The van der Waals surface area contributed by atoms with Crippen molar-refractivity contribution in [2.75, 3.05) is 25.1 Å². The molecule has 0 aromatic heterocycles. The van der Waals surface area contributed by atoms with Crippen molar-refractivity contribution in [1.29, 1.82) is 0 Å². The molecule has 2 aromatic carbocycles. The molecule has 0 radical (unpaired) electrons. The van der Waals surface area contributed by atoms with Gasteiger partial charge in [0.15, 0.2) is 41.4 Å². The van der Waals surface area contributed by atoms with Crippen molar-refractivity contribution in [3.05, 3.63) is 52.8 Å². The van der Waals surface area contributed by atoms with Crippen LogP contribution in [0.15, 0.2) is 18.2 Å². The molecule has 0 saturated heterocycles. The van der Waals surface area contributed by atoms with Crippen LogP contribution in [-0.2, 0) is 9.53 Å². The van der Waals surface area contributed by atoms with Crippen molar-refractivity contribution in [2.45, 2.75) is 0 Å². The number of nitrogens with one attached hydrogen (secondary N) is 1. The summed E-state index contributed by atoms with van der Waals surface area (Å²) in [7, 11) is 0. The summed E-state index contributed by atoms with van der Waals surface area (Å²) in [6.07, 6.45) is 0. The van der Waals surface area contributed by atoms with Gasteiger partial charge in [0.2, 0.25) is 5.82 Å². The highest BCUT2D eigenvalue weighted by Crippen LogP contribution is 2.31. The second kappa shape index (κ2) is 7.71. The molecular weight excluding hydrogens is 393 g/mol. The van der Waals surface area contributed by atoms with Crippen LogP contribution in [-0.4, -0.2) is 31.7 Å². The van der Waals surface area contributed by atoms with Gasteiger partial charge in [0.05, 0.1) is 5.56 Å². The number of anilines is 1. The number of hydrogen-bond acceptors (Lipinski definition) is 5. The van der Waals surface area contributed by atoms with Crippen LogP contribution >= 0.6 is 0 Å². The van der Waals surface area contributed by atoms with Gasteiger partial charge < -0.3 is 19.5 Å². The molecule has 0 spiro atoms. The summed E-state index contributed by atoms with van der Waals surface area (Å²) in [6, 6.07) is 4.08. The number of rotatable bonds is 4. The third-order valence-corrected chi connectivity index (χ3v) is 3.59. The third kappa shape index (κ3) is 3.68. The van der Waals surface area contributed by atoms with E-state index in [9.17, 15) is 31.5 Å². The van der Waals surface area contributed by atoms with Crippen LogP contribution < -0.4 is 14.8 Å². The van der Waals surface area contributed by atoms with Gasteiger partial charge in [-0.3, -0.25) is 4.79 Å². The van der Waals surface area contributed by atoms with E-state index in [1.165, 1.54) is 23.5 Å². The number of esters is 1. The largest absolute Gasteiger partial charge is 0.486 e. The maximum atomic E-state index is 13.5. The molecule has 148 valence electrons. The molecule has 28 heavy (non-hydrogen) atoms. The molecule has 0 fully saturated rings. The van der Waals surface area contributed by atoms with Crippen molar-refractivity contribution in [1.82, 2.24) is 0 Å². The Balaban J connectivity index is 1.66. The third-order valence-electron chi connectivity index (χ3n) is 3.59. The van der Waals surface area contributed by atoms with Crippen LogP contribution in [0, 0.1) is 29.1 Å². The maximum Gasteiger partial charge on any atom is 0.338 e. The highest BCUT2D eigenvalue weighted by Gasteiger charge is 2.27. The number of hydrogen-bond donors (Lipinski definition) is 1. The van der Waals surface area contributed by atoms with Crippen molar-refractivity contribution in [3.8, 4) is 11.5 Å². The van der Waals surface area contributed by atoms with Gasteiger partial charge in [-0.15, -0.1) is 0 Å². The van der Waals surface area contributed by atoms with Crippen molar-refractivity contribution < 1.29 is 45.8 Å². The zero-order valence-electron chi connectivity index (χ0n) is 13.8. The number of halogens is 5. The zero-order valence-corrected chi connectivity index (χ0v) is 13.8. The van der Waals surface area contributed by atoms with E-state index in [2.05, 4.69) is 4.74 Å². The fraction of sp³-hybridized carbons (Fsp3) is 0.176. The molecule has 1 N–H and O–H groups in total. The van der Waals surface area contributed by atoms with Crippen molar-refractivity contribution in [2.24, 2.45) is 0 Å². The summed E-state index contributed by atoms with van der Waals surface area (Å²) in [6.45, 7) is -0.419. The molecule has 2 aromatic rings. The second-order valence-electron chi connectivity index (χ2n) is 5.43. The summed E-state index contributed by atoms with van der Waals surface area (Å²) < 4.78 is 81.4. The summed E-state index contributed by atoms with van der Waals surface area (Å²) in [5.41, 5.74) is -1.55. The molecule has 1 aliphatic rings. The molecule has 6 nitrogen and oxygen atoms in total. The minimum absolute atomic E-state index is 0.00622. The van der Waals surface area contributed by atoms with Crippen LogP contribution in [0.4, 0.5) is 27.6 Å². The van der Waals surface area contributed by atoms with Crippen LogP contribution in [0.3, 0.4) is 0 Å². The minimum atomic E-state index is -2.36. The standard InChI is InChI=1S/C17H10F5NO5/c18-11-12(19)14(21)16(15(22)13(11)20)23-10(24)6-28-17(25)7-1-2-8-9(5-7)27-4-3-26-8/h1-2,5H,3-4,6H2,(H,23,24). The molecule has 0 aliphatic carbocycles. The van der Waals surface area contributed by atoms with Crippen LogP contribution in [0.25, 0.3) is 0 Å². The lowest BCUT2D eigenvalue weighted by Gasteiger charge is -2.18. The lowest BCUT2D eigenvalue weighted by Crippen LogP contribution is -2.23. The van der Waals surface area contributed by atoms with E-state index in [0.717, 1.165) is 0 Å². The van der Waals surface area contributed by atoms with Crippen molar-refractivity contribution >= 4 is 17.6 Å². The minimum Gasteiger partial charge on any atom is -0.486 e. The van der Waals surface area contributed by atoms with Gasteiger partial charge in [-0.1, -0.05) is 0 Å². The van der Waals surface area contributed by atoms with Crippen LogP contribution in [0.1, 0.15) is 10.4 Å². The molecule has 0 unspecified atom stereocenters. The van der Waals surface area contributed by atoms with E-state index >= 15 is 0 Å². The number of fused-ring (bicyclic) bond motifs is 1. The predicted octanol–water partition coefficient (Wildman–Crippen LogP) is 2.95. The predicted molar refractivity (Wildman–Crippen MR) is 82.6 cm³/mol. The zero-order chi connectivity index (χ0) is 20.4. The summed E-state index contributed by atoms with van der Waals surface area (Å²) in [4.78, 5) is 23.6. The Kier molecular flexibility index (Phi) is 5.34. The number of carbonyl (C=O) groups excluding carboxylic acids is 2. The second-order valence-corrected chi connectivity index (χ2v) is 5.43. The van der Waals surface area contributed by atoms with Gasteiger partial charge >= 0.3 is 5.97 Å². The first kappa shape index (κ1) is 19.4. The number of benzene rings is 2. The first-order chi connectivity index (χ1) is 13.3. The Bertz CT molecular complexity index is 936. The number of ether oxygens (including phenoxy) is 3. The number of carbonyl (C=O) groups is 2. The van der Waals surface area contributed by atoms with E-state index in [0.29, 0.717) is 12.4 Å². The normalized spacial score (nSPS) is 12.5. The van der Waals surface area contributed by atoms with E-state index in [4.69, 9.17) is 9.47 Å². The molecular formula is C17H10F5NO5. The quantitative estimate of drug-likeness (QED) is 0.368. The van der Waals surface area contributed by atoms with Crippen LogP contribution in [0.2, 0.25) is 0 Å². The Hall–Kier alpha value is -3.37. The molecule has 0 saturated carbocycles. The highest BCUT2D eigenvalue weighted by molar-refractivity contribution is 5.96. The maximum absolute atomic E-state index is 13.5. The molecule has 1 amide bonds. The average molecular weight is 403 g/mol. The molecule has 1 aliphatic heterocycles. The van der Waals surface area contributed by atoms with E-state index in [-0.39, 0.29) is 17.9 Å². The van der Waals surface area contributed by atoms with Gasteiger partial charge in [0, 0.05) is 0 Å². The Labute approximate surface area is 153 Å². The molecule has 3 rings (SSSR count). The van der Waals surface area contributed by atoms with Crippen molar-refractivity contribution in [3.63, 3.8) is 0 Å². The Morgan fingerprint density at radius 3 is 2.11 bits per heavy atom. The van der Waals surface area contributed by atoms with Gasteiger partial charge in [-0.25, -0.2) is 26.7 Å². The fourth-order valence-electron chi connectivity index (χ4n) is 2.27. The van der Waals surface area contributed by atoms with Gasteiger partial charge in [0.1, 0.15) is 18.9 Å². The smallest absolute Gasteiger partial charge is 0.338 e. The topological polar surface area (TPSA) is 73.9 Å². The SMILES string of the molecule is O=C(COC(=O)c1ccc2c(c1)OCCO2)Nc1c(F)c(F)c(F)c(F)c1F. The fourth-order valence-corrected chi connectivity index (χ4v) is 2.27. The first-order valence-corrected chi connectivity index (χ1v) is 7.67. The monoisotopic (exact) mass is 403 g/mol. The summed E-state index contributed by atoms with van der Waals surface area (Å²) in [5, 5.41) is 1.49. The van der Waals surface area contributed by atoms with Crippen LogP contribution in [0.5, 0.6) is 11.5 Å². The molecule has 0 bridgehead atoms. The summed E-state index contributed by atoms with van der Waals surface area (Å²) >= 11 is 0. The van der Waals surface area contributed by atoms with E-state index in [1.54, 1.807) is 0 Å². The number of amides is 1. The molecule has 11 heteroatoms. The lowest BCUT2D eigenvalue weighted by molar-refractivity contribution is -0.119. The lowest BCUT2D eigenvalue weighted by atomic mass is 10.2. The highest BCUT2D eigenvalue weighted by atomic mass is 19.2. The molecule has 0 atom stereocenters. The van der Waals surface area contributed by atoms with Gasteiger partial charge in [0.25, 0.3) is 5.91 Å². The first-order valence-electron chi connectivity index (χ1n) is 7.67. The summed E-state index contributed by atoms with van der Waals surface area (Å²) in [5.74, 6) is -12.8. The van der Waals surface area contributed by atoms with E-state index < -0.39 is 53.3 Å².